The minimum Gasteiger partial charge on any atom is -0.444 e. The molecule has 6 nitrogen and oxygen atoms in total. The third kappa shape index (κ3) is 6.81. The first-order chi connectivity index (χ1) is 19.2. The fourth-order valence-electron chi connectivity index (χ4n) is 4.92. The van der Waals surface area contributed by atoms with E-state index in [-0.39, 0.29) is 11.6 Å². The number of nitrogens with two attached hydrogens (primary N) is 1. The molecule has 0 spiro atoms. The van der Waals surface area contributed by atoms with Crippen molar-refractivity contribution in [2.75, 3.05) is 23.8 Å². The SMILES string of the molecule is CC(C)(C)[Si](OCCCN(C(=O)OCc1ccccc1)c1cnc(N)c(Br)c1)(c1ccccc1)c1ccccc1. The molecule has 0 radical (unpaired) electrons. The third-order valence-electron chi connectivity index (χ3n) is 6.85. The van der Waals surface area contributed by atoms with Crippen LogP contribution in [-0.2, 0) is 15.8 Å². The summed E-state index contributed by atoms with van der Waals surface area (Å²) in [5.74, 6) is 0.358. The van der Waals surface area contributed by atoms with Crippen LogP contribution in [-0.4, -0.2) is 32.5 Å². The predicted octanol–water partition coefficient (Wildman–Crippen LogP) is 6.54. The Bertz CT molecular complexity index is 1340. The molecule has 0 unspecified atom stereocenters. The maximum Gasteiger partial charge on any atom is 0.414 e. The molecule has 2 N–H and O–H groups in total. The Labute approximate surface area is 246 Å². The molecule has 0 aliphatic carbocycles. The van der Waals surface area contributed by atoms with Crippen LogP contribution in [0.4, 0.5) is 16.3 Å². The van der Waals surface area contributed by atoms with Gasteiger partial charge < -0.3 is 14.9 Å². The summed E-state index contributed by atoms with van der Waals surface area (Å²) >= 11 is 3.44. The van der Waals surface area contributed by atoms with Gasteiger partial charge in [-0.2, -0.15) is 0 Å². The number of halogens is 1. The van der Waals surface area contributed by atoms with Crippen LogP contribution in [0.5, 0.6) is 0 Å². The normalized spacial score (nSPS) is 11.7. The smallest absolute Gasteiger partial charge is 0.414 e. The van der Waals surface area contributed by atoms with Crippen LogP contribution in [0.3, 0.4) is 0 Å². The number of anilines is 2. The molecule has 0 saturated carbocycles. The van der Waals surface area contributed by atoms with E-state index in [4.69, 9.17) is 14.9 Å². The van der Waals surface area contributed by atoms with Gasteiger partial charge in [-0.3, -0.25) is 4.90 Å². The van der Waals surface area contributed by atoms with Crippen LogP contribution in [0.25, 0.3) is 0 Å². The highest BCUT2D eigenvalue weighted by Crippen LogP contribution is 2.37. The second kappa shape index (κ2) is 13.3. The number of nitrogen functional groups attached to an aromatic ring is 1. The van der Waals surface area contributed by atoms with Gasteiger partial charge in [-0.15, -0.1) is 0 Å². The fraction of sp³-hybridized carbons (Fsp3) is 0.250. The molecule has 0 atom stereocenters. The van der Waals surface area contributed by atoms with Gasteiger partial charge >= 0.3 is 6.09 Å². The van der Waals surface area contributed by atoms with Crippen molar-refractivity contribution in [3.8, 4) is 0 Å². The summed E-state index contributed by atoms with van der Waals surface area (Å²) in [6.07, 6.45) is 1.74. The molecule has 1 amide bonds. The molecule has 0 saturated heterocycles. The summed E-state index contributed by atoms with van der Waals surface area (Å²) in [4.78, 5) is 19.1. The quantitative estimate of drug-likeness (QED) is 0.162. The highest BCUT2D eigenvalue weighted by Gasteiger charge is 2.50. The van der Waals surface area contributed by atoms with E-state index in [1.807, 2.05) is 42.5 Å². The molecule has 1 heterocycles. The van der Waals surface area contributed by atoms with Gasteiger partial charge in [0.25, 0.3) is 8.32 Å². The lowest BCUT2D eigenvalue weighted by Gasteiger charge is -2.43. The molecule has 4 aromatic rings. The van der Waals surface area contributed by atoms with Gasteiger partial charge in [0.1, 0.15) is 12.4 Å². The average molecular weight is 619 g/mol. The van der Waals surface area contributed by atoms with Crippen molar-refractivity contribution in [2.45, 2.75) is 38.8 Å². The average Bonchev–Trinajstić information content (AvgIpc) is 2.96. The van der Waals surface area contributed by atoms with Crippen LogP contribution in [0, 0.1) is 0 Å². The van der Waals surface area contributed by atoms with Crippen molar-refractivity contribution < 1.29 is 14.0 Å². The third-order valence-corrected chi connectivity index (χ3v) is 12.5. The molecule has 208 valence electrons. The van der Waals surface area contributed by atoms with Crippen LogP contribution in [0.15, 0.2) is 108 Å². The summed E-state index contributed by atoms with van der Waals surface area (Å²) in [7, 11) is -2.67. The molecule has 3 aromatic carbocycles. The maximum absolute atomic E-state index is 13.3. The number of carbonyl (C=O) groups excluding carboxylic acids is 1. The Morgan fingerprint density at radius 2 is 1.48 bits per heavy atom. The van der Waals surface area contributed by atoms with E-state index >= 15 is 0 Å². The van der Waals surface area contributed by atoms with Crippen LogP contribution in [0.1, 0.15) is 32.8 Å². The van der Waals surface area contributed by atoms with E-state index in [1.54, 1.807) is 17.2 Å². The number of hydrogen-bond donors (Lipinski definition) is 1. The largest absolute Gasteiger partial charge is 0.444 e. The number of carbonyl (C=O) groups is 1. The summed E-state index contributed by atoms with van der Waals surface area (Å²) < 4.78 is 13.3. The van der Waals surface area contributed by atoms with E-state index in [0.717, 1.165) is 5.56 Å². The Kier molecular flexibility index (Phi) is 9.79. The topological polar surface area (TPSA) is 77.7 Å². The van der Waals surface area contributed by atoms with E-state index in [9.17, 15) is 4.79 Å². The lowest BCUT2D eigenvalue weighted by Crippen LogP contribution is -2.66. The number of ether oxygens (including phenoxy) is 1. The molecule has 0 aliphatic rings. The van der Waals surface area contributed by atoms with Crippen molar-refractivity contribution in [3.63, 3.8) is 0 Å². The van der Waals surface area contributed by atoms with Gasteiger partial charge in [-0.05, 0) is 49.4 Å². The predicted molar refractivity (Wildman–Crippen MR) is 169 cm³/mol. The van der Waals surface area contributed by atoms with E-state index in [1.165, 1.54) is 10.4 Å². The summed E-state index contributed by atoms with van der Waals surface area (Å²) in [5.41, 5.74) is 7.43. The monoisotopic (exact) mass is 617 g/mol. The van der Waals surface area contributed by atoms with Gasteiger partial charge in [0.05, 0.1) is 16.4 Å². The number of aromatic nitrogens is 1. The number of rotatable bonds is 10. The van der Waals surface area contributed by atoms with Gasteiger partial charge in [-0.1, -0.05) is 112 Å². The molecule has 4 rings (SSSR count). The van der Waals surface area contributed by atoms with Crippen molar-refractivity contribution in [1.29, 1.82) is 0 Å². The van der Waals surface area contributed by atoms with Crippen LogP contribution >= 0.6 is 15.9 Å². The van der Waals surface area contributed by atoms with Gasteiger partial charge in [-0.25, -0.2) is 9.78 Å². The van der Waals surface area contributed by atoms with Crippen LogP contribution in [0.2, 0.25) is 5.04 Å². The van der Waals surface area contributed by atoms with Gasteiger partial charge in [0, 0.05) is 13.2 Å². The molecule has 0 aliphatic heterocycles. The van der Waals surface area contributed by atoms with Crippen molar-refractivity contribution in [1.82, 2.24) is 4.98 Å². The summed E-state index contributed by atoms with van der Waals surface area (Å²) in [6.45, 7) is 7.81. The lowest BCUT2D eigenvalue weighted by atomic mass is 10.2. The first-order valence-electron chi connectivity index (χ1n) is 13.4. The number of benzene rings is 3. The van der Waals surface area contributed by atoms with Crippen molar-refractivity contribution in [3.05, 3.63) is 113 Å². The first-order valence-corrected chi connectivity index (χ1v) is 16.1. The van der Waals surface area contributed by atoms with Gasteiger partial charge in [0.2, 0.25) is 0 Å². The number of nitrogens with zero attached hydrogens (tertiary/aromatic N) is 2. The maximum atomic E-state index is 13.3. The molecule has 0 fully saturated rings. The summed E-state index contributed by atoms with van der Waals surface area (Å²) in [6, 6.07) is 32.5. The zero-order valence-electron chi connectivity index (χ0n) is 23.2. The summed E-state index contributed by atoms with van der Waals surface area (Å²) in [5, 5.41) is 2.31. The van der Waals surface area contributed by atoms with Crippen molar-refractivity contribution in [2.24, 2.45) is 0 Å². The lowest BCUT2D eigenvalue weighted by molar-refractivity contribution is 0.146. The molecular weight excluding hydrogens is 582 g/mol. The Balaban J connectivity index is 1.56. The Morgan fingerprint density at radius 1 is 0.925 bits per heavy atom. The fourth-order valence-corrected chi connectivity index (χ4v) is 9.86. The minimum atomic E-state index is -2.67. The van der Waals surface area contributed by atoms with E-state index < -0.39 is 14.4 Å². The number of amides is 1. The van der Waals surface area contributed by atoms with Gasteiger partial charge in [0.15, 0.2) is 0 Å². The zero-order chi connectivity index (χ0) is 28.6. The van der Waals surface area contributed by atoms with E-state index in [2.05, 4.69) is 90.2 Å². The molecule has 40 heavy (non-hydrogen) atoms. The van der Waals surface area contributed by atoms with Crippen LogP contribution < -0.4 is 21.0 Å². The molecular formula is C32H36BrN3O3Si. The molecule has 8 heteroatoms. The second-order valence-corrected chi connectivity index (χ2v) is 15.8. The first kappa shape index (κ1) is 29.5. The molecule has 0 bridgehead atoms. The van der Waals surface area contributed by atoms with Crippen molar-refractivity contribution >= 4 is 52.2 Å². The highest BCUT2D eigenvalue weighted by molar-refractivity contribution is 9.10. The highest BCUT2D eigenvalue weighted by atomic mass is 79.9. The Morgan fingerprint density at radius 3 is 2.00 bits per heavy atom. The standard InChI is InChI=1S/C32H36BrN3O3Si/c1-32(2,3)40(27-16-9-5-10-17-27,28-18-11-6-12-19-28)39-21-13-20-36(26-22-29(33)30(34)35-23-26)31(37)38-24-25-14-7-4-8-15-25/h4-12,14-19,22-23H,13,20-21,24H2,1-3H3,(H2,34,35). The second-order valence-electron chi connectivity index (χ2n) is 10.6. The number of pyridine rings is 1. The Hall–Kier alpha value is -3.46. The number of hydrogen-bond acceptors (Lipinski definition) is 5. The zero-order valence-corrected chi connectivity index (χ0v) is 25.8. The molecule has 1 aromatic heterocycles. The van der Waals surface area contributed by atoms with E-state index in [0.29, 0.717) is 35.6 Å². The minimum absolute atomic E-state index is 0.129.